The van der Waals surface area contributed by atoms with E-state index in [4.69, 9.17) is 5.73 Å². The van der Waals surface area contributed by atoms with Crippen molar-refractivity contribution in [3.8, 4) is 0 Å². The van der Waals surface area contributed by atoms with Crippen LogP contribution in [0.3, 0.4) is 0 Å². The average molecular weight is 271 g/mol. The van der Waals surface area contributed by atoms with Gasteiger partial charge < -0.3 is 11.1 Å². The lowest BCUT2D eigenvalue weighted by Gasteiger charge is -2.09. The summed E-state index contributed by atoms with van der Waals surface area (Å²) < 4.78 is 25.4. The van der Waals surface area contributed by atoms with Crippen LogP contribution in [-0.2, 0) is 14.8 Å². The first kappa shape index (κ1) is 14.6. The van der Waals surface area contributed by atoms with Crippen molar-refractivity contribution in [2.45, 2.75) is 24.3 Å². The molecule has 0 aliphatic rings. The second-order valence-electron chi connectivity index (χ2n) is 3.96. The molecule has 1 rings (SSSR count). The van der Waals surface area contributed by atoms with Crippen LogP contribution in [-0.4, -0.2) is 27.4 Å². The first-order chi connectivity index (χ1) is 8.35. The molecule has 1 amide bonds. The molecule has 0 radical (unpaired) electrons. The Morgan fingerprint density at radius 3 is 2.67 bits per heavy atom. The normalized spacial score (nSPS) is 13.1. The van der Waals surface area contributed by atoms with E-state index in [1.165, 1.54) is 19.2 Å². The van der Waals surface area contributed by atoms with Crippen molar-refractivity contribution in [1.82, 2.24) is 4.72 Å². The molecule has 7 heteroatoms. The number of rotatable bonds is 5. The highest BCUT2D eigenvalue weighted by Gasteiger charge is 2.12. The van der Waals surface area contributed by atoms with Crippen molar-refractivity contribution in [2.24, 2.45) is 5.73 Å². The van der Waals surface area contributed by atoms with Crippen molar-refractivity contribution in [3.63, 3.8) is 0 Å². The molecule has 0 heterocycles. The van der Waals surface area contributed by atoms with Crippen LogP contribution in [0.4, 0.5) is 5.69 Å². The van der Waals surface area contributed by atoms with Crippen LogP contribution >= 0.6 is 0 Å². The smallest absolute Gasteiger partial charge is 0.240 e. The molecule has 1 atom stereocenters. The molecule has 0 aromatic heterocycles. The fraction of sp³-hybridized carbons (Fsp3) is 0.364. The molecule has 0 saturated heterocycles. The highest BCUT2D eigenvalue weighted by atomic mass is 32.2. The number of anilines is 1. The molecule has 6 nitrogen and oxygen atoms in total. The van der Waals surface area contributed by atoms with Gasteiger partial charge in [-0.05, 0) is 32.2 Å². The zero-order valence-corrected chi connectivity index (χ0v) is 11.1. The SMILES string of the molecule is CNS(=O)(=O)c1cccc(NC(=O)CC(C)N)c1. The summed E-state index contributed by atoms with van der Waals surface area (Å²) in [6.45, 7) is 1.72. The predicted molar refractivity (Wildman–Crippen MR) is 69.6 cm³/mol. The van der Waals surface area contributed by atoms with E-state index in [-0.39, 0.29) is 23.3 Å². The third-order valence-electron chi connectivity index (χ3n) is 2.20. The Kier molecular flexibility index (Phi) is 4.83. The van der Waals surface area contributed by atoms with E-state index >= 15 is 0 Å². The van der Waals surface area contributed by atoms with Gasteiger partial charge in [0.05, 0.1) is 4.90 Å². The van der Waals surface area contributed by atoms with Crippen LogP contribution in [0.15, 0.2) is 29.2 Å². The number of hydrogen-bond acceptors (Lipinski definition) is 4. The summed E-state index contributed by atoms with van der Waals surface area (Å²) in [6.07, 6.45) is 0.184. The maximum atomic E-state index is 11.6. The standard InChI is InChI=1S/C11H17N3O3S/c1-8(12)6-11(15)14-9-4-3-5-10(7-9)18(16,17)13-2/h3-5,7-8,13H,6,12H2,1-2H3,(H,14,15). The molecule has 100 valence electrons. The first-order valence-electron chi connectivity index (χ1n) is 5.44. The van der Waals surface area contributed by atoms with Gasteiger partial charge in [-0.3, -0.25) is 4.79 Å². The second kappa shape index (κ2) is 5.94. The van der Waals surface area contributed by atoms with Gasteiger partial charge in [0.15, 0.2) is 0 Å². The Balaban J connectivity index is 2.87. The number of carbonyl (C=O) groups is 1. The summed E-state index contributed by atoms with van der Waals surface area (Å²) in [4.78, 5) is 11.6. The zero-order chi connectivity index (χ0) is 13.8. The number of benzene rings is 1. The Morgan fingerprint density at radius 2 is 2.11 bits per heavy atom. The van der Waals surface area contributed by atoms with E-state index in [9.17, 15) is 13.2 Å². The van der Waals surface area contributed by atoms with E-state index in [2.05, 4.69) is 10.0 Å². The quantitative estimate of drug-likeness (QED) is 0.715. The number of nitrogens with two attached hydrogens (primary N) is 1. The Hall–Kier alpha value is -1.44. The molecule has 1 aromatic carbocycles. The summed E-state index contributed by atoms with van der Waals surface area (Å²) in [5.41, 5.74) is 5.93. The average Bonchev–Trinajstić information content (AvgIpc) is 2.28. The van der Waals surface area contributed by atoms with Gasteiger partial charge in [0.2, 0.25) is 15.9 Å². The third-order valence-corrected chi connectivity index (χ3v) is 3.62. The number of nitrogens with one attached hydrogen (secondary N) is 2. The fourth-order valence-electron chi connectivity index (χ4n) is 1.36. The minimum Gasteiger partial charge on any atom is -0.327 e. The Morgan fingerprint density at radius 1 is 1.44 bits per heavy atom. The van der Waals surface area contributed by atoms with Crippen LogP contribution in [0, 0.1) is 0 Å². The van der Waals surface area contributed by atoms with Gasteiger partial charge in [-0.2, -0.15) is 0 Å². The van der Waals surface area contributed by atoms with E-state index < -0.39 is 10.0 Å². The van der Waals surface area contributed by atoms with Gasteiger partial charge >= 0.3 is 0 Å². The van der Waals surface area contributed by atoms with Crippen LogP contribution in [0.2, 0.25) is 0 Å². The first-order valence-corrected chi connectivity index (χ1v) is 6.92. The predicted octanol–water partition coefficient (Wildman–Crippen LogP) is 0.271. The molecule has 0 aliphatic carbocycles. The van der Waals surface area contributed by atoms with E-state index in [1.54, 1.807) is 19.1 Å². The lowest BCUT2D eigenvalue weighted by atomic mass is 10.2. The van der Waals surface area contributed by atoms with Crippen molar-refractivity contribution < 1.29 is 13.2 Å². The fourth-order valence-corrected chi connectivity index (χ4v) is 2.14. The summed E-state index contributed by atoms with van der Waals surface area (Å²) in [6, 6.07) is 5.78. The summed E-state index contributed by atoms with van der Waals surface area (Å²) in [5.74, 6) is -0.246. The minimum atomic E-state index is -3.51. The number of carbonyl (C=O) groups excluding carboxylic acids is 1. The molecule has 0 bridgehead atoms. The van der Waals surface area contributed by atoms with Crippen molar-refractivity contribution in [3.05, 3.63) is 24.3 Å². The monoisotopic (exact) mass is 271 g/mol. The van der Waals surface area contributed by atoms with E-state index in [1.807, 2.05) is 0 Å². The summed E-state index contributed by atoms with van der Waals surface area (Å²) in [7, 11) is -2.18. The van der Waals surface area contributed by atoms with Gasteiger partial charge in [-0.1, -0.05) is 6.07 Å². The molecule has 0 spiro atoms. The van der Waals surface area contributed by atoms with Crippen molar-refractivity contribution >= 4 is 21.6 Å². The molecule has 4 N–H and O–H groups in total. The molecule has 0 fully saturated rings. The van der Waals surface area contributed by atoms with Crippen molar-refractivity contribution in [1.29, 1.82) is 0 Å². The summed E-state index contributed by atoms with van der Waals surface area (Å²) >= 11 is 0. The second-order valence-corrected chi connectivity index (χ2v) is 5.85. The molecule has 1 unspecified atom stereocenters. The molecular weight excluding hydrogens is 254 g/mol. The van der Waals surface area contributed by atoms with Crippen LogP contribution in [0.25, 0.3) is 0 Å². The molecule has 1 aromatic rings. The zero-order valence-electron chi connectivity index (χ0n) is 10.3. The lowest BCUT2D eigenvalue weighted by Crippen LogP contribution is -2.24. The van der Waals surface area contributed by atoms with Crippen LogP contribution < -0.4 is 15.8 Å². The highest BCUT2D eigenvalue weighted by molar-refractivity contribution is 7.89. The van der Waals surface area contributed by atoms with Gasteiger partial charge in [0, 0.05) is 18.2 Å². The van der Waals surface area contributed by atoms with Crippen molar-refractivity contribution in [2.75, 3.05) is 12.4 Å². The van der Waals surface area contributed by atoms with E-state index in [0.717, 1.165) is 0 Å². The van der Waals surface area contributed by atoms with Gasteiger partial charge in [-0.25, -0.2) is 13.1 Å². The maximum absolute atomic E-state index is 11.6. The van der Waals surface area contributed by atoms with Crippen LogP contribution in [0.5, 0.6) is 0 Å². The topological polar surface area (TPSA) is 101 Å². The highest BCUT2D eigenvalue weighted by Crippen LogP contribution is 2.15. The number of amides is 1. The van der Waals surface area contributed by atoms with Gasteiger partial charge in [-0.15, -0.1) is 0 Å². The van der Waals surface area contributed by atoms with Crippen LogP contribution in [0.1, 0.15) is 13.3 Å². The Bertz CT molecular complexity index is 526. The largest absolute Gasteiger partial charge is 0.327 e. The molecular formula is C11H17N3O3S. The third kappa shape index (κ3) is 4.10. The van der Waals surface area contributed by atoms with Gasteiger partial charge in [0.1, 0.15) is 0 Å². The lowest BCUT2D eigenvalue weighted by molar-refractivity contribution is -0.116. The molecule has 0 saturated carbocycles. The maximum Gasteiger partial charge on any atom is 0.240 e. The summed E-state index contributed by atoms with van der Waals surface area (Å²) in [5, 5.41) is 2.60. The van der Waals surface area contributed by atoms with Gasteiger partial charge in [0.25, 0.3) is 0 Å². The minimum absolute atomic E-state index is 0.101. The van der Waals surface area contributed by atoms with E-state index in [0.29, 0.717) is 5.69 Å². The number of hydrogen-bond donors (Lipinski definition) is 3. The number of sulfonamides is 1. The Labute approximate surface area is 107 Å². The molecule has 0 aliphatic heterocycles. The molecule has 18 heavy (non-hydrogen) atoms.